The van der Waals surface area contributed by atoms with Gasteiger partial charge in [-0.05, 0) is 56.7 Å². The zero-order valence-electron chi connectivity index (χ0n) is 13.1. The minimum Gasteiger partial charge on any atom is -0.504 e. The number of aromatic hydroxyl groups is 1. The number of fused-ring (bicyclic) bond motifs is 1. The summed E-state index contributed by atoms with van der Waals surface area (Å²) in [5, 5.41) is 11.1. The van der Waals surface area contributed by atoms with Crippen LogP contribution < -0.4 is 11.2 Å². The first-order valence-corrected chi connectivity index (χ1v) is 7.18. The highest BCUT2D eigenvalue weighted by molar-refractivity contribution is 6.65. The first-order chi connectivity index (χ1) is 10.1. The number of hydrogen-bond donors (Lipinski definition) is 2. The molecule has 1 aliphatic rings. The van der Waals surface area contributed by atoms with Crippen molar-refractivity contribution in [3.63, 3.8) is 0 Å². The van der Waals surface area contributed by atoms with Gasteiger partial charge < -0.3 is 20.1 Å². The molecule has 22 heavy (non-hydrogen) atoms. The van der Waals surface area contributed by atoms with Crippen molar-refractivity contribution >= 4 is 29.0 Å². The Morgan fingerprint density at radius 2 is 1.68 bits per heavy atom. The molecule has 2 aromatic rings. The van der Waals surface area contributed by atoms with Gasteiger partial charge in [0.2, 0.25) is 0 Å². The molecule has 3 N–H and O–H groups in total. The smallest absolute Gasteiger partial charge is 0.495 e. The average Bonchev–Trinajstić information content (AvgIpc) is 2.62. The zero-order chi connectivity index (χ0) is 16.3. The van der Waals surface area contributed by atoms with Gasteiger partial charge in [0.05, 0.1) is 11.2 Å². The van der Waals surface area contributed by atoms with E-state index in [0.717, 1.165) is 0 Å². The number of nitrogen functional groups attached to an aromatic ring is 1. The second-order valence-electron chi connectivity index (χ2n) is 6.69. The monoisotopic (exact) mass is 303 g/mol. The molecule has 0 atom stereocenters. The molecule has 0 bridgehead atoms. The molecule has 1 fully saturated rings. The van der Waals surface area contributed by atoms with Crippen molar-refractivity contribution in [2.24, 2.45) is 0 Å². The van der Waals surface area contributed by atoms with E-state index in [9.17, 15) is 9.50 Å². The first-order valence-electron chi connectivity index (χ1n) is 7.18. The summed E-state index contributed by atoms with van der Waals surface area (Å²) >= 11 is 0. The van der Waals surface area contributed by atoms with Crippen LogP contribution in [0.4, 0.5) is 10.1 Å². The molecule has 0 unspecified atom stereocenters. The Balaban J connectivity index is 2.22. The van der Waals surface area contributed by atoms with Crippen molar-refractivity contribution < 1.29 is 18.8 Å². The van der Waals surface area contributed by atoms with Gasteiger partial charge in [-0.25, -0.2) is 4.39 Å². The summed E-state index contributed by atoms with van der Waals surface area (Å²) in [5.74, 6) is -1.10. The highest BCUT2D eigenvalue weighted by atomic mass is 19.1. The lowest BCUT2D eigenvalue weighted by molar-refractivity contribution is 0.00578. The number of benzene rings is 2. The minimum atomic E-state index is -0.719. The van der Waals surface area contributed by atoms with E-state index in [1.54, 1.807) is 18.2 Å². The lowest BCUT2D eigenvalue weighted by atomic mass is 9.75. The van der Waals surface area contributed by atoms with Crippen LogP contribution in [0, 0.1) is 5.82 Å². The summed E-state index contributed by atoms with van der Waals surface area (Å²) in [6.45, 7) is 7.73. The molecule has 2 aromatic carbocycles. The largest absolute Gasteiger partial charge is 0.504 e. The Kier molecular flexibility index (Phi) is 3.16. The summed E-state index contributed by atoms with van der Waals surface area (Å²) in [4.78, 5) is 0. The van der Waals surface area contributed by atoms with E-state index in [2.05, 4.69) is 0 Å². The molecule has 1 aliphatic heterocycles. The fraction of sp³-hybridized carbons (Fsp3) is 0.375. The van der Waals surface area contributed by atoms with Gasteiger partial charge in [-0.2, -0.15) is 0 Å². The van der Waals surface area contributed by atoms with E-state index in [1.807, 2.05) is 27.7 Å². The third-order valence-electron chi connectivity index (χ3n) is 4.60. The van der Waals surface area contributed by atoms with Crippen molar-refractivity contribution in [3.05, 3.63) is 30.1 Å². The quantitative estimate of drug-likeness (QED) is 0.628. The van der Waals surface area contributed by atoms with E-state index in [1.165, 1.54) is 6.07 Å². The number of anilines is 1. The molecule has 0 amide bonds. The van der Waals surface area contributed by atoms with Crippen molar-refractivity contribution in [2.75, 3.05) is 5.73 Å². The fourth-order valence-electron chi connectivity index (χ4n) is 2.63. The average molecular weight is 303 g/mol. The third-order valence-corrected chi connectivity index (χ3v) is 4.60. The van der Waals surface area contributed by atoms with Crippen molar-refractivity contribution in [2.45, 2.75) is 38.9 Å². The van der Waals surface area contributed by atoms with Gasteiger partial charge in [-0.15, -0.1) is 0 Å². The van der Waals surface area contributed by atoms with Crippen molar-refractivity contribution in [3.8, 4) is 5.75 Å². The summed E-state index contributed by atoms with van der Waals surface area (Å²) in [5.41, 5.74) is 5.90. The molecule has 116 valence electrons. The maximum absolute atomic E-state index is 13.8. The molecule has 0 aliphatic carbocycles. The first kappa shape index (κ1) is 15.1. The summed E-state index contributed by atoms with van der Waals surface area (Å²) in [6.07, 6.45) is 0. The standard InChI is InChI=1S/C16H19BFNO3/c1-15(2)16(3,4)22-17(21-15)11-8-10(19)7-9-5-6-12(18)14(20)13(9)11/h5-8,20H,19H2,1-4H3. The summed E-state index contributed by atoms with van der Waals surface area (Å²) < 4.78 is 25.8. The SMILES string of the molecule is CC1(C)OB(c2cc(N)cc3ccc(F)c(O)c23)OC1(C)C. The van der Waals surface area contributed by atoms with Crippen LogP contribution in [0.3, 0.4) is 0 Å². The topological polar surface area (TPSA) is 64.7 Å². The van der Waals surface area contributed by atoms with E-state index in [-0.39, 0.29) is 0 Å². The van der Waals surface area contributed by atoms with Gasteiger partial charge in [0, 0.05) is 11.1 Å². The van der Waals surface area contributed by atoms with Crippen LogP contribution >= 0.6 is 0 Å². The predicted molar refractivity (Wildman–Crippen MR) is 85.7 cm³/mol. The fourth-order valence-corrected chi connectivity index (χ4v) is 2.63. The number of phenolic OH excluding ortho intramolecular Hbond substituents is 1. The van der Waals surface area contributed by atoms with Gasteiger partial charge in [0.25, 0.3) is 0 Å². The molecule has 4 nitrogen and oxygen atoms in total. The molecular formula is C16H19BFNO3. The Bertz CT molecular complexity index is 745. The summed E-state index contributed by atoms with van der Waals surface area (Å²) in [7, 11) is -0.719. The van der Waals surface area contributed by atoms with E-state index < -0.39 is 29.9 Å². The maximum Gasteiger partial charge on any atom is 0.495 e. The molecule has 1 heterocycles. The van der Waals surface area contributed by atoms with Crippen LogP contribution in [0.1, 0.15) is 27.7 Å². The normalized spacial score (nSPS) is 19.8. The highest BCUT2D eigenvalue weighted by Crippen LogP contribution is 2.38. The van der Waals surface area contributed by atoms with Gasteiger partial charge in [0.15, 0.2) is 11.6 Å². The van der Waals surface area contributed by atoms with Gasteiger partial charge in [-0.1, -0.05) is 6.07 Å². The third kappa shape index (κ3) is 2.14. The van der Waals surface area contributed by atoms with Gasteiger partial charge >= 0.3 is 7.12 Å². The number of halogens is 1. The van der Waals surface area contributed by atoms with Crippen LogP contribution in [-0.2, 0) is 9.31 Å². The minimum absolute atomic E-state index is 0.368. The Morgan fingerprint density at radius 1 is 1.09 bits per heavy atom. The zero-order valence-corrected chi connectivity index (χ0v) is 13.1. The van der Waals surface area contributed by atoms with E-state index >= 15 is 0 Å². The van der Waals surface area contributed by atoms with Crippen LogP contribution in [0.5, 0.6) is 5.75 Å². The van der Waals surface area contributed by atoms with E-state index in [0.29, 0.717) is 21.9 Å². The van der Waals surface area contributed by atoms with E-state index in [4.69, 9.17) is 15.0 Å². The van der Waals surface area contributed by atoms with Gasteiger partial charge in [0.1, 0.15) is 0 Å². The molecule has 3 rings (SSSR count). The molecule has 1 saturated heterocycles. The van der Waals surface area contributed by atoms with Gasteiger partial charge in [-0.3, -0.25) is 0 Å². The lowest BCUT2D eigenvalue weighted by Crippen LogP contribution is -2.41. The van der Waals surface area contributed by atoms with Crippen LogP contribution in [0.15, 0.2) is 24.3 Å². The number of phenols is 1. The molecule has 0 spiro atoms. The van der Waals surface area contributed by atoms with Crippen LogP contribution in [0.2, 0.25) is 0 Å². The molecule has 0 aromatic heterocycles. The Labute approximate surface area is 129 Å². The van der Waals surface area contributed by atoms with Crippen molar-refractivity contribution in [1.82, 2.24) is 0 Å². The molecule has 0 radical (unpaired) electrons. The van der Waals surface area contributed by atoms with Crippen LogP contribution in [0.25, 0.3) is 10.8 Å². The number of nitrogens with two attached hydrogens (primary N) is 1. The number of hydrogen-bond acceptors (Lipinski definition) is 4. The second-order valence-corrected chi connectivity index (χ2v) is 6.69. The Hall–Kier alpha value is -1.79. The van der Waals surface area contributed by atoms with Crippen molar-refractivity contribution in [1.29, 1.82) is 0 Å². The number of rotatable bonds is 1. The molecular weight excluding hydrogens is 284 g/mol. The Morgan fingerprint density at radius 3 is 2.27 bits per heavy atom. The predicted octanol–water partition coefficient (Wildman–Crippen LogP) is 2.57. The molecule has 6 heteroatoms. The second kappa shape index (κ2) is 4.60. The molecule has 0 saturated carbocycles. The summed E-state index contributed by atoms with van der Waals surface area (Å²) in [6, 6.07) is 6.13. The lowest BCUT2D eigenvalue weighted by Gasteiger charge is -2.32. The van der Waals surface area contributed by atoms with Crippen LogP contribution in [-0.4, -0.2) is 23.4 Å². The highest BCUT2D eigenvalue weighted by Gasteiger charge is 2.52. The maximum atomic E-state index is 13.8.